The minimum Gasteiger partial charge on any atom is -0.425 e. The van der Waals surface area contributed by atoms with Crippen LogP contribution in [0.25, 0.3) is 0 Å². The maximum Gasteiger partial charge on any atom is 0.308 e. The monoisotopic (exact) mass is 308 g/mol. The molecule has 0 saturated heterocycles. The number of anilines is 1. The van der Waals surface area contributed by atoms with Crippen molar-refractivity contribution in [2.75, 3.05) is 5.73 Å². The summed E-state index contributed by atoms with van der Waals surface area (Å²) in [6.45, 7) is 3.26. The number of para-hydroxylation sites is 1. The fraction of sp³-hybridized carbons (Fsp3) is 0.143. The Morgan fingerprint density at radius 2 is 2.00 bits per heavy atom. The van der Waals surface area contributed by atoms with E-state index in [-0.39, 0.29) is 5.97 Å². The van der Waals surface area contributed by atoms with Crippen LogP contribution in [-0.4, -0.2) is 11.0 Å². The van der Waals surface area contributed by atoms with Gasteiger partial charge in [0.25, 0.3) is 0 Å². The van der Waals surface area contributed by atoms with Crippen molar-refractivity contribution in [3.05, 3.63) is 48.3 Å². The minimum atomic E-state index is -0.315. The topological polar surface area (TPSA) is 65.2 Å². The fourth-order valence-electron chi connectivity index (χ4n) is 1.26. The standard InChI is InChI=1S/C8H8O2S2.C6H8N2/c1-6(9)10-7-4-2-3-5-8(7)12-11;1-5-6(7)3-2-4-8-5/h2-5,11H,1H3;2-4H,7H2,1H3. The maximum absolute atomic E-state index is 10.6. The first-order valence-electron chi connectivity index (χ1n) is 5.80. The van der Waals surface area contributed by atoms with E-state index in [4.69, 9.17) is 10.5 Å². The number of nitrogen functional groups attached to an aromatic ring is 1. The smallest absolute Gasteiger partial charge is 0.308 e. The van der Waals surface area contributed by atoms with Gasteiger partial charge in [0, 0.05) is 13.1 Å². The molecule has 0 aliphatic rings. The third-order valence-corrected chi connectivity index (χ3v) is 3.37. The Balaban J connectivity index is 0.000000217. The number of benzene rings is 1. The lowest BCUT2D eigenvalue weighted by Gasteiger charge is -2.04. The number of carbonyl (C=O) groups excluding carboxylic acids is 1. The quantitative estimate of drug-likeness (QED) is 0.384. The van der Waals surface area contributed by atoms with Crippen LogP contribution in [0, 0.1) is 6.92 Å². The Hall–Kier alpha value is -1.66. The van der Waals surface area contributed by atoms with E-state index < -0.39 is 0 Å². The molecule has 20 heavy (non-hydrogen) atoms. The Bertz CT molecular complexity index is 556. The summed E-state index contributed by atoms with van der Waals surface area (Å²) in [4.78, 5) is 15.4. The highest BCUT2D eigenvalue weighted by Gasteiger charge is 2.03. The lowest BCUT2D eigenvalue weighted by molar-refractivity contribution is -0.132. The second-order valence-electron chi connectivity index (χ2n) is 3.81. The number of nitrogens with two attached hydrogens (primary N) is 1. The van der Waals surface area contributed by atoms with Crippen LogP contribution in [0.5, 0.6) is 5.75 Å². The van der Waals surface area contributed by atoms with Gasteiger partial charge in [-0.3, -0.25) is 9.78 Å². The third-order valence-electron chi connectivity index (χ3n) is 2.25. The molecule has 0 fully saturated rings. The third kappa shape index (κ3) is 5.54. The number of nitrogens with zero attached hydrogens (tertiary/aromatic N) is 1. The number of rotatable bonds is 2. The lowest BCUT2D eigenvalue weighted by atomic mass is 10.3. The first-order chi connectivity index (χ1) is 9.54. The second-order valence-corrected chi connectivity index (χ2v) is 4.98. The molecule has 0 aliphatic heterocycles. The summed E-state index contributed by atoms with van der Waals surface area (Å²) in [5.74, 6) is 0.245. The summed E-state index contributed by atoms with van der Waals surface area (Å²) in [6.07, 6.45) is 1.73. The number of hydrogen-bond acceptors (Lipinski definition) is 6. The highest BCUT2D eigenvalue weighted by Crippen LogP contribution is 2.30. The van der Waals surface area contributed by atoms with Crippen LogP contribution in [-0.2, 0) is 4.79 Å². The van der Waals surface area contributed by atoms with E-state index in [0.717, 1.165) is 16.3 Å². The van der Waals surface area contributed by atoms with E-state index >= 15 is 0 Å². The molecule has 0 saturated carbocycles. The molecule has 4 nitrogen and oxygen atoms in total. The molecule has 2 N–H and O–H groups in total. The van der Waals surface area contributed by atoms with Gasteiger partial charge in [0.2, 0.25) is 0 Å². The molecular weight excluding hydrogens is 292 g/mol. The number of hydrogen-bond donors (Lipinski definition) is 2. The molecule has 0 amide bonds. The van der Waals surface area contributed by atoms with Gasteiger partial charge in [-0.1, -0.05) is 22.9 Å². The normalized spacial score (nSPS) is 9.35. The summed E-state index contributed by atoms with van der Waals surface area (Å²) >= 11 is 4.03. The molecule has 0 aliphatic carbocycles. The van der Waals surface area contributed by atoms with Gasteiger partial charge in [0.15, 0.2) is 0 Å². The Morgan fingerprint density at radius 3 is 2.50 bits per heavy atom. The molecule has 2 aromatic rings. The average molecular weight is 308 g/mol. The predicted octanol–water partition coefficient (Wildman–Crippen LogP) is 3.52. The van der Waals surface area contributed by atoms with Crippen molar-refractivity contribution in [1.82, 2.24) is 4.98 Å². The van der Waals surface area contributed by atoms with Gasteiger partial charge < -0.3 is 10.5 Å². The van der Waals surface area contributed by atoms with Crippen LogP contribution in [0.15, 0.2) is 47.5 Å². The number of aromatic nitrogens is 1. The number of thiol groups is 1. The zero-order valence-electron chi connectivity index (χ0n) is 11.2. The number of esters is 1. The maximum atomic E-state index is 10.6. The van der Waals surface area contributed by atoms with Crippen molar-refractivity contribution in [3.8, 4) is 5.75 Å². The van der Waals surface area contributed by atoms with E-state index in [0.29, 0.717) is 5.75 Å². The Labute approximate surface area is 127 Å². The van der Waals surface area contributed by atoms with Crippen molar-refractivity contribution in [1.29, 1.82) is 0 Å². The molecule has 0 unspecified atom stereocenters. The molecular formula is C14H16N2O2S2. The molecule has 2 rings (SSSR count). The zero-order chi connectivity index (χ0) is 15.0. The summed E-state index contributed by atoms with van der Waals surface area (Å²) in [5, 5.41) is 0. The second kappa shape index (κ2) is 8.50. The molecule has 1 heterocycles. The van der Waals surface area contributed by atoms with Crippen molar-refractivity contribution >= 4 is 34.1 Å². The number of carbonyl (C=O) groups is 1. The number of pyridine rings is 1. The van der Waals surface area contributed by atoms with Crippen LogP contribution in [0.4, 0.5) is 5.69 Å². The van der Waals surface area contributed by atoms with Crippen molar-refractivity contribution < 1.29 is 9.53 Å². The van der Waals surface area contributed by atoms with Crippen LogP contribution >= 0.6 is 22.5 Å². The summed E-state index contributed by atoms with van der Waals surface area (Å²) in [6, 6.07) is 10.9. The van der Waals surface area contributed by atoms with Gasteiger partial charge in [0.1, 0.15) is 5.75 Å². The first kappa shape index (κ1) is 16.4. The van der Waals surface area contributed by atoms with E-state index in [2.05, 4.69) is 16.6 Å². The Morgan fingerprint density at radius 1 is 1.30 bits per heavy atom. The van der Waals surface area contributed by atoms with Crippen LogP contribution in [0.2, 0.25) is 0 Å². The van der Waals surface area contributed by atoms with Crippen molar-refractivity contribution in [3.63, 3.8) is 0 Å². The van der Waals surface area contributed by atoms with Gasteiger partial charge in [-0.25, -0.2) is 0 Å². The van der Waals surface area contributed by atoms with Gasteiger partial charge in [-0.05, 0) is 31.2 Å². The van der Waals surface area contributed by atoms with Crippen LogP contribution in [0.3, 0.4) is 0 Å². The summed E-state index contributed by atoms with van der Waals surface area (Å²) < 4.78 is 4.93. The largest absolute Gasteiger partial charge is 0.425 e. The highest BCUT2D eigenvalue weighted by molar-refractivity contribution is 8.68. The molecule has 0 atom stereocenters. The summed E-state index contributed by atoms with van der Waals surface area (Å²) in [7, 11) is 1.25. The van der Waals surface area contributed by atoms with Crippen LogP contribution in [0.1, 0.15) is 12.6 Å². The SMILES string of the molecule is CC(=O)Oc1ccccc1SS.Cc1ncccc1N. The van der Waals surface area contributed by atoms with E-state index in [9.17, 15) is 4.79 Å². The molecule has 0 radical (unpaired) electrons. The molecule has 1 aromatic heterocycles. The average Bonchev–Trinajstić information content (AvgIpc) is 2.43. The van der Waals surface area contributed by atoms with Crippen molar-refractivity contribution in [2.24, 2.45) is 0 Å². The number of ether oxygens (including phenoxy) is 1. The van der Waals surface area contributed by atoms with E-state index in [1.807, 2.05) is 37.3 Å². The van der Waals surface area contributed by atoms with Gasteiger partial charge in [0.05, 0.1) is 16.3 Å². The molecule has 106 valence electrons. The summed E-state index contributed by atoms with van der Waals surface area (Å²) in [5.41, 5.74) is 7.11. The first-order valence-corrected chi connectivity index (χ1v) is 7.67. The molecule has 0 spiro atoms. The van der Waals surface area contributed by atoms with E-state index in [1.54, 1.807) is 12.3 Å². The fourth-order valence-corrected chi connectivity index (χ4v) is 2.05. The Kier molecular flexibility index (Phi) is 6.97. The zero-order valence-corrected chi connectivity index (χ0v) is 12.9. The highest BCUT2D eigenvalue weighted by atomic mass is 33.1. The van der Waals surface area contributed by atoms with Gasteiger partial charge >= 0.3 is 5.97 Å². The molecule has 6 heteroatoms. The van der Waals surface area contributed by atoms with E-state index in [1.165, 1.54) is 17.7 Å². The number of aryl methyl sites for hydroxylation is 1. The van der Waals surface area contributed by atoms with Crippen LogP contribution < -0.4 is 10.5 Å². The van der Waals surface area contributed by atoms with Gasteiger partial charge in [-0.2, -0.15) is 0 Å². The lowest BCUT2D eigenvalue weighted by Crippen LogP contribution is -2.01. The minimum absolute atomic E-state index is 0.315. The molecule has 0 bridgehead atoms. The predicted molar refractivity (Wildman–Crippen MR) is 86.0 cm³/mol. The molecule has 1 aromatic carbocycles. The van der Waals surface area contributed by atoms with Crippen molar-refractivity contribution in [2.45, 2.75) is 18.7 Å². The van der Waals surface area contributed by atoms with Gasteiger partial charge in [-0.15, -0.1) is 11.7 Å².